The Morgan fingerprint density at radius 1 is 1.12 bits per heavy atom. The molecule has 1 amide bonds. The first-order valence-corrected chi connectivity index (χ1v) is 9.26. The molecule has 0 bridgehead atoms. The van der Waals surface area contributed by atoms with Crippen LogP contribution >= 0.6 is 34.8 Å². The Labute approximate surface area is 162 Å². The maximum atomic E-state index is 12.7. The molecule has 0 radical (unpaired) electrons. The van der Waals surface area contributed by atoms with E-state index in [4.69, 9.17) is 39.5 Å². The van der Waals surface area contributed by atoms with Crippen molar-refractivity contribution in [3.63, 3.8) is 0 Å². The number of carbonyl (C=O) groups is 1. The minimum absolute atomic E-state index is 0.0134. The standard InChI is InChI=1S/C19H18Cl3NO2/c20-15-4-1-3-13(9-15)12-25-16-5-2-8-23(11-16)19(24)14-6-7-17(21)18(22)10-14/h1,3-4,6-7,9-10,16H,2,5,8,11-12H2/t16-/m0/s1. The summed E-state index contributed by atoms with van der Waals surface area (Å²) in [5, 5.41) is 1.53. The normalized spacial score (nSPS) is 17.6. The molecule has 2 aromatic carbocycles. The molecular weight excluding hydrogens is 381 g/mol. The fraction of sp³-hybridized carbons (Fsp3) is 0.316. The van der Waals surface area contributed by atoms with Gasteiger partial charge in [-0.2, -0.15) is 0 Å². The molecule has 1 heterocycles. The zero-order valence-electron chi connectivity index (χ0n) is 13.6. The number of halogens is 3. The van der Waals surface area contributed by atoms with E-state index in [1.807, 2.05) is 29.2 Å². The summed E-state index contributed by atoms with van der Waals surface area (Å²) >= 11 is 17.9. The van der Waals surface area contributed by atoms with Crippen LogP contribution in [-0.4, -0.2) is 30.0 Å². The number of hydrogen-bond donors (Lipinski definition) is 0. The highest BCUT2D eigenvalue weighted by Gasteiger charge is 2.25. The fourth-order valence-electron chi connectivity index (χ4n) is 2.91. The van der Waals surface area contributed by atoms with Gasteiger partial charge in [-0.3, -0.25) is 4.79 Å². The lowest BCUT2D eigenvalue weighted by atomic mass is 10.1. The van der Waals surface area contributed by atoms with Gasteiger partial charge in [0.15, 0.2) is 0 Å². The predicted octanol–water partition coefficient (Wildman–Crippen LogP) is 5.47. The van der Waals surface area contributed by atoms with Crippen molar-refractivity contribution in [3.8, 4) is 0 Å². The first kappa shape index (κ1) is 18.5. The van der Waals surface area contributed by atoms with Gasteiger partial charge in [0.1, 0.15) is 0 Å². The molecule has 3 rings (SSSR count). The lowest BCUT2D eigenvalue weighted by Crippen LogP contribution is -2.43. The molecule has 0 aromatic heterocycles. The van der Waals surface area contributed by atoms with E-state index in [-0.39, 0.29) is 12.0 Å². The van der Waals surface area contributed by atoms with Crippen LogP contribution in [0, 0.1) is 0 Å². The second-order valence-corrected chi connectivity index (χ2v) is 7.34. The van der Waals surface area contributed by atoms with Crippen LogP contribution in [-0.2, 0) is 11.3 Å². The fourth-order valence-corrected chi connectivity index (χ4v) is 3.42. The van der Waals surface area contributed by atoms with E-state index in [1.165, 1.54) is 0 Å². The molecule has 1 saturated heterocycles. The number of amides is 1. The van der Waals surface area contributed by atoms with Gasteiger partial charge in [-0.15, -0.1) is 0 Å². The number of likely N-dealkylation sites (tertiary alicyclic amines) is 1. The molecule has 132 valence electrons. The Morgan fingerprint density at radius 2 is 1.96 bits per heavy atom. The molecule has 0 unspecified atom stereocenters. The van der Waals surface area contributed by atoms with Crippen molar-refractivity contribution < 1.29 is 9.53 Å². The summed E-state index contributed by atoms with van der Waals surface area (Å²) in [5.41, 5.74) is 1.57. The summed E-state index contributed by atoms with van der Waals surface area (Å²) in [6.45, 7) is 1.77. The maximum Gasteiger partial charge on any atom is 0.253 e. The average Bonchev–Trinajstić information content (AvgIpc) is 2.62. The molecule has 1 atom stereocenters. The highest BCUT2D eigenvalue weighted by Crippen LogP contribution is 2.24. The molecule has 25 heavy (non-hydrogen) atoms. The van der Waals surface area contributed by atoms with Crippen molar-refractivity contribution in [1.82, 2.24) is 4.90 Å². The molecule has 1 fully saturated rings. The quantitative estimate of drug-likeness (QED) is 0.683. The number of nitrogens with zero attached hydrogens (tertiary/aromatic N) is 1. The van der Waals surface area contributed by atoms with Crippen LogP contribution in [0.15, 0.2) is 42.5 Å². The van der Waals surface area contributed by atoms with E-state index in [9.17, 15) is 4.79 Å². The first-order chi connectivity index (χ1) is 12.0. The molecule has 1 aliphatic heterocycles. The Morgan fingerprint density at radius 3 is 2.72 bits per heavy atom. The van der Waals surface area contributed by atoms with E-state index in [0.29, 0.717) is 33.8 Å². The third-order valence-corrected chi connectivity index (χ3v) is 5.18. The van der Waals surface area contributed by atoms with Crippen LogP contribution in [0.1, 0.15) is 28.8 Å². The molecular formula is C19H18Cl3NO2. The second-order valence-electron chi connectivity index (χ2n) is 6.09. The van der Waals surface area contributed by atoms with Gasteiger partial charge in [-0.1, -0.05) is 46.9 Å². The minimum atomic E-state index is -0.0466. The Bertz CT molecular complexity index is 766. The number of piperidine rings is 1. The Hall–Kier alpha value is -1.26. The molecule has 0 spiro atoms. The van der Waals surface area contributed by atoms with Crippen molar-refractivity contribution >= 4 is 40.7 Å². The van der Waals surface area contributed by atoms with Crippen molar-refractivity contribution in [3.05, 3.63) is 68.7 Å². The number of ether oxygens (including phenoxy) is 1. The number of benzene rings is 2. The SMILES string of the molecule is O=C(c1ccc(Cl)c(Cl)c1)N1CCC[C@H](OCc2cccc(Cl)c2)C1. The highest BCUT2D eigenvalue weighted by atomic mass is 35.5. The topological polar surface area (TPSA) is 29.5 Å². The van der Waals surface area contributed by atoms with Gasteiger partial charge in [-0.05, 0) is 48.7 Å². The monoisotopic (exact) mass is 397 g/mol. The largest absolute Gasteiger partial charge is 0.372 e. The van der Waals surface area contributed by atoms with Crippen LogP contribution in [0.5, 0.6) is 0 Å². The van der Waals surface area contributed by atoms with Crippen LogP contribution in [0.4, 0.5) is 0 Å². The zero-order chi connectivity index (χ0) is 17.8. The molecule has 2 aromatic rings. The van der Waals surface area contributed by atoms with Gasteiger partial charge in [0, 0.05) is 23.7 Å². The van der Waals surface area contributed by atoms with E-state index in [0.717, 1.165) is 24.9 Å². The van der Waals surface area contributed by atoms with E-state index in [2.05, 4.69) is 0 Å². The lowest BCUT2D eigenvalue weighted by Gasteiger charge is -2.33. The first-order valence-electron chi connectivity index (χ1n) is 8.13. The number of rotatable bonds is 4. The summed E-state index contributed by atoms with van der Waals surface area (Å²) in [6.07, 6.45) is 1.86. The van der Waals surface area contributed by atoms with Gasteiger partial charge >= 0.3 is 0 Å². The summed E-state index contributed by atoms with van der Waals surface area (Å²) < 4.78 is 5.98. The summed E-state index contributed by atoms with van der Waals surface area (Å²) in [4.78, 5) is 14.5. The Balaban J connectivity index is 1.60. The van der Waals surface area contributed by atoms with Crippen LogP contribution in [0.2, 0.25) is 15.1 Å². The number of carbonyl (C=O) groups excluding carboxylic acids is 1. The van der Waals surface area contributed by atoms with Crippen LogP contribution < -0.4 is 0 Å². The van der Waals surface area contributed by atoms with Gasteiger partial charge < -0.3 is 9.64 Å². The minimum Gasteiger partial charge on any atom is -0.372 e. The zero-order valence-corrected chi connectivity index (χ0v) is 15.8. The van der Waals surface area contributed by atoms with Crippen molar-refractivity contribution in [2.24, 2.45) is 0 Å². The Kier molecular flexibility index (Phi) is 6.24. The summed E-state index contributed by atoms with van der Waals surface area (Å²) in [7, 11) is 0. The van der Waals surface area contributed by atoms with Crippen LogP contribution in [0.25, 0.3) is 0 Å². The average molecular weight is 399 g/mol. The third-order valence-electron chi connectivity index (χ3n) is 4.21. The van der Waals surface area contributed by atoms with Crippen molar-refractivity contribution in [2.45, 2.75) is 25.6 Å². The van der Waals surface area contributed by atoms with E-state index in [1.54, 1.807) is 18.2 Å². The molecule has 0 saturated carbocycles. The van der Waals surface area contributed by atoms with E-state index < -0.39 is 0 Å². The molecule has 1 aliphatic rings. The predicted molar refractivity (Wildman–Crippen MR) is 102 cm³/mol. The maximum absolute atomic E-state index is 12.7. The van der Waals surface area contributed by atoms with Crippen molar-refractivity contribution in [2.75, 3.05) is 13.1 Å². The summed E-state index contributed by atoms with van der Waals surface area (Å²) in [5.74, 6) is -0.0466. The molecule has 6 heteroatoms. The smallest absolute Gasteiger partial charge is 0.253 e. The van der Waals surface area contributed by atoms with Gasteiger partial charge in [0.2, 0.25) is 0 Å². The number of hydrogen-bond acceptors (Lipinski definition) is 2. The second kappa shape index (κ2) is 8.41. The highest BCUT2D eigenvalue weighted by molar-refractivity contribution is 6.42. The van der Waals surface area contributed by atoms with Gasteiger partial charge in [-0.25, -0.2) is 0 Å². The van der Waals surface area contributed by atoms with Gasteiger partial charge in [0.25, 0.3) is 5.91 Å². The van der Waals surface area contributed by atoms with Gasteiger partial charge in [0.05, 0.1) is 22.8 Å². The molecule has 0 N–H and O–H groups in total. The third kappa shape index (κ3) is 4.89. The van der Waals surface area contributed by atoms with Crippen molar-refractivity contribution in [1.29, 1.82) is 0 Å². The lowest BCUT2D eigenvalue weighted by molar-refractivity contribution is -0.00672. The van der Waals surface area contributed by atoms with E-state index >= 15 is 0 Å². The molecule has 0 aliphatic carbocycles. The molecule has 3 nitrogen and oxygen atoms in total. The van der Waals surface area contributed by atoms with Crippen LogP contribution in [0.3, 0.4) is 0 Å². The summed E-state index contributed by atoms with van der Waals surface area (Å²) in [6, 6.07) is 12.6.